The molecular weight excluding hydrogens is 224 g/mol. The van der Waals surface area contributed by atoms with Gasteiger partial charge in [0.05, 0.1) is 26.4 Å². The number of rotatable bonds is 8. The Morgan fingerprint density at radius 2 is 1.24 bits per heavy atom. The average molecular weight is 246 g/mol. The topological polar surface area (TPSA) is 90.2 Å². The highest BCUT2D eigenvalue weighted by atomic mass is 16.5. The van der Waals surface area contributed by atoms with E-state index < -0.39 is 24.4 Å². The Balaban J connectivity index is 4.29. The fraction of sp³-hybridized carbons (Fsp3) is 0.667. The molecule has 5 heteroatoms. The third-order valence-electron chi connectivity index (χ3n) is 2.21. The molecule has 17 heavy (non-hydrogen) atoms. The molecule has 5 nitrogen and oxygen atoms in total. The van der Waals surface area contributed by atoms with Gasteiger partial charge in [0, 0.05) is 0 Å². The van der Waals surface area contributed by atoms with Gasteiger partial charge in [0.15, 0.2) is 0 Å². The van der Waals surface area contributed by atoms with Crippen LogP contribution in [0.4, 0.5) is 0 Å². The number of ether oxygens (including phenoxy) is 1. The second-order valence-corrected chi connectivity index (χ2v) is 4.02. The van der Waals surface area contributed by atoms with Gasteiger partial charge < -0.3 is 25.2 Å². The Hall–Kier alpha value is -0.720. The van der Waals surface area contributed by atoms with Gasteiger partial charge >= 0.3 is 0 Å². The van der Waals surface area contributed by atoms with Crippen LogP contribution in [0, 0.1) is 0 Å². The van der Waals surface area contributed by atoms with Crippen molar-refractivity contribution in [2.24, 2.45) is 0 Å². The van der Waals surface area contributed by atoms with E-state index in [9.17, 15) is 10.2 Å². The van der Waals surface area contributed by atoms with Gasteiger partial charge in [0.1, 0.15) is 11.2 Å². The molecular formula is C12H22O5. The van der Waals surface area contributed by atoms with Crippen molar-refractivity contribution < 1.29 is 25.2 Å². The molecule has 0 rings (SSSR count). The summed E-state index contributed by atoms with van der Waals surface area (Å²) in [7, 11) is 0. The quantitative estimate of drug-likeness (QED) is 0.438. The molecule has 0 aromatic carbocycles. The van der Waals surface area contributed by atoms with Gasteiger partial charge in [-0.1, -0.05) is 24.3 Å². The van der Waals surface area contributed by atoms with Crippen LogP contribution in [0.5, 0.6) is 0 Å². The van der Waals surface area contributed by atoms with Gasteiger partial charge in [-0.3, -0.25) is 0 Å². The van der Waals surface area contributed by atoms with Crippen LogP contribution >= 0.6 is 0 Å². The van der Waals surface area contributed by atoms with Crippen LogP contribution in [0.25, 0.3) is 0 Å². The van der Waals surface area contributed by atoms with Gasteiger partial charge in [-0.15, -0.1) is 0 Å². The van der Waals surface area contributed by atoms with Crippen molar-refractivity contribution in [2.45, 2.75) is 25.0 Å². The van der Waals surface area contributed by atoms with Crippen LogP contribution in [-0.2, 0) is 4.74 Å². The Kier molecular flexibility index (Phi) is 7.26. The first-order valence-corrected chi connectivity index (χ1v) is 5.47. The molecule has 2 unspecified atom stereocenters. The summed E-state index contributed by atoms with van der Waals surface area (Å²) < 4.78 is 5.13. The molecule has 0 aliphatic heterocycles. The molecule has 0 fully saturated rings. The van der Waals surface area contributed by atoms with Crippen LogP contribution < -0.4 is 0 Å². The minimum absolute atomic E-state index is 0.159. The van der Waals surface area contributed by atoms with Crippen molar-refractivity contribution in [3.63, 3.8) is 0 Å². The molecule has 100 valence electrons. The molecule has 0 aromatic heterocycles. The number of aliphatic hydroxyl groups excluding tert-OH is 2. The standard InChI is InChI=1S/C12H22O5/c1-3-5-11(15,7-13)9-17-10-12(16,8-14)6-4-2/h3-6,13-16H,7-10H2,1-2H3/b5-3+,6-4+. The highest BCUT2D eigenvalue weighted by Gasteiger charge is 2.27. The summed E-state index contributed by atoms with van der Waals surface area (Å²) in [6, 6.07) is 0. The Morgan fingerprint density at radius 3 is 1.47 bits per heavy atom. The minimum Gasteiger partial charge on any atom is -0.393 e. The second-order valence-electron chi connectivity index (χ2n) is 4.02. The van der Waals surface area contributed by atoms with Crippen LogP contribution in [0.3, 0.4) is 0 Å². The van der Waals surface area contributed by atoms with Gasteiger partial charge in [-0.2, -0.15) is 0 Å². The molecule has 0 aliphatic carbocycles. The maximum absolute atomic E-state index is 9.80. The molecule has 4 N–H and O–H groups in total. The second kappa shape index (κ2) is 7.58. The van der Waals surface area contributed by atoms with Gasteiger partial charge in [-0.05, 0) is 13.8 Å². The van der Waals surface area contributed by atoms with E-state index in [0.717, 1.165) is 0 Å². The fourth-order valence-electron chi connectivity index (χ4n) is 1.32. The van der Waals surface area contributed by atoms with Crippen LogP contribution in [0.2, 0.25) is 0 Å². The highest BCUT2D eigenvalue weighted by molar-refractivity contribution is 5.02. The lowest BCUT2D eigenvalue weighted by Crippen LogP contribution is -2.41. The number of allylic oxidation sites excluding steroid dienone is 2. The largest absolute Gasteiger partial charge is 0.393 e. The highest BCUT2D eigenvalue weighted by Crippen LogP contribution is 2.11. The SMILES string of the molecule is C/C=C/C(O)(CO)COCC(O)(/C=C/C)CO. The summed E-state index contributed by atoms with van der Waals surface area (Å²) in [5.41, 5.74) is -2.91. The van der Waals surface area contributed by atoms with E-state index in [2.05, 4.69) is 0 Å². The molecule has 0 aliphatic rings. The van der Waals surface area contributed by atoms with E-state index in [4.69, 9.17) is 14.9 Å². The Labute approximate surface area is 102 Å². The first-order valence-electron chi connectivity index (χ1n) is 5.47. The third kappa shape index (κ3) is 5.95. The van der Waals surface area contributed by atoms with E-state index in [-0.39, 0.29) is 13.2 Å². The molecule has 0 aromatic rings. The molecule has 0 amide bonds. The zero-order valence-electron chi connectivity index (χ0n) is 10.3. The van der Waals surface area contributed by atoms with Gasteiger partial charge in [0.2, 0.25) is 0 Å². The van der Waals surface area contributed by atoms with E-state index in [1.807, 2.05) is 0 Å². The Morgan fingerprint density at radius 1 is 0.882 bits per heavy atom. The predicted octanol–water partition coefficient (Wildman–Crippen LogP) is -0.398. The molecule has 0 heterocycles. The maximum atomic E-state index is 9.80. The number of hydrogen-bond donors (Lipinski definition) is 4. The smallest absolute Gasteiger partial charge is 0.129 e. The lowest BCUT2D eigenvalue weighted by Gasteiger charge is -2.26. The molecule has 0 bridgehead atoms. The normalized spacial score (nSPS) is 19.6. The van der Waals surface area contributed by atoms with Crippen molar-refractivity contribution in [1.82, 2.24) is 0 Å². The van der Waals surface area contributed by atoms with E-state index in [0.29, 0.717) is 0 Å². The molecule has 2 atom stereocenters. The number of hydrogen-bond acceptors (Lipinski definition) is 5. The lowest BCUT2D eigenvalue weighted by molar-refractivity contribution is -0.0915. The van der Waals surface area contributed by atoms with Crippen molar-refractivity contribution in [1.29, 1.82) is 0 Å². The summed E-state index contributed by atoms with van der Waals surface area (Å²) >= 11 is 0. The average Bonchev–Trinajstić information content (AvgIpc) is 2.30. The minimum atomic E-state index is -1.46. The summed E-state index contributed by atoms with van der Waals surface area (Å²) in [6.45, 7) is 2.16. The monoisotopic (exact) mass is 246 g/mol. The third-order valence-corrected chi connectivity index (χ3v) is 2.21. The van der Waals surface area contributed by atoms with Crippen molar-refractivity contribution >= 4 is 0 Å². The summed E-state index contributed by atoms with van der Waals surface area (Å²) in [5.74, 6) is 0. The predicted molar refractivity (Wildman–Crippen MR) is 64.5 cm³/mol. The van der Waals surface area contributed by atoms with Crippen LogP contribution in [0.15, 0.2) is 24.3 Å². The summed E-state index contributed by atoms with van der Waals surface area (Å²) in [5, 5.41) is 37.6. The molecule has 0 saturated carbocycles. The van der Waals surface area contributed by atoms with E-state index >= 15 is 0 Å². The molecule has 0 radical (unpaired) electrons. The van der Waals surface area contributed by atoms with E-state index in [1.54, 1.807) is 26.0 Å². The number of aliphatic hydroxyl groups is 4. The molecule has 0 spiro atoms. The zero-order chi connectivity index (χ0) is 13.4. The van der Waals surface area contributed by atoms with E-state index in [1.165, 1.54) is 12.2 Å². The maximum Gasteiger partial charge on any atom is 0.129 e. The van der Waals surface area contributed by atoms with Gasteiger partial charge in [0.25, 0.3) is 0 Å². The first kappa shape index (κ1) is 16.3. The fourth-order valence-corrected chi connectivity index (χ4v) is 1.32. The van der Waals surface area contributed by atoms with Gasteiger partial charge in [-0.25, -0.2) is 0 Å². The van der Waals surface area contributed by atoms with Crippen molar-refractivity contribution in [3.8, 4) is 0 Å². The zero-order valence-corrected chi connectivity index (χ0v) is 10.3. The first-order chi connectivity index (χ1) is 7.95. The van der Waals surface area contributed by atoms with Crippen LogP contribution in [0.1, 0.15) is 13.8 Å². The Bertz CT molecular complexity index is 238. The van der Waals surface area contributed by atoms with Crippen molar-refractivity contribution in [2.75, 3.05) is 26.4 Å². The van der Waals surface area contributed by atoms with Crippen molar-refractivity contribution in [3.05, 3.63) is 24.3 Å². The summed E-state index contributed by atoms with van der Waals surface area (Å²) in [4.78, 5) is 0. The lowest BCUT2D eigenvalue weighted by atomic mass is 10.1. The summed E-state index contributed by atoms with van der Waals surface area (Å²) in [6.07, 6.45) is 6.04. The molecule has 0 saturated heterocycles. The van der Waals surface area contributed by atoms with Crippen LogP contribution in [-0.4, -0.2) is 58.1 Å².